The number of thiazole rings is 1. The second-order valence-electron chi connectivity index (χ2n) is 23.5. The molecule has 20 heteroatoms. The number of β-amino-alcohol motifs (C(OH)–C–C–N with tert-alkyl or cyclic N) is 1. The molecule has 6 N–H and O–H groups in total. The number of carbonyl (C=O) groups is 4. The van der Waals surface area contributed by atoms with Gasteiger partial charge in [-0.1, -0.05) is 82.1 Å². The van der Waals surface area contributed by atoms with Crippen molar-refractivity contribution in [2.24, 2.45) is 16.6 Å². The molecule has 4 aliphatic heterocycles. The first-order valence-corrected chi connectivity index (χ1v) is 29.3. The van der Waals surface area contributed by atoms with Crippen LogP contribution in [0.1, 0.15) is 127 Å². The first kappa shape index (κ1) is 56.7. The number of benzene rings is 2. The molecular weight excluding hydrogens is 1020 g/mol. The van der Waals surface area contributed by atoms with Gasteiger partial charge in [0.05, 0.1) is 40.6 Å². The van der Waals surface area contributed by atoms with Gasteiger partial charge in [-0.2, -0.15) is 0 Å². The minimum absolute atomic E-state index is 0.0222. The molecule has 2 aromatic carbocycles. The normalized spacial score (nSPS) is 19.8. The Hall–Kier alpha value is -6.06. The first-order chi connectivity index (χ1) is 37.3. The maximum atomic E-state index is 14.3. The molecule has 0 radical (unpaired) electrons. The van der Waals surface area contributed by atoms with Gasteiger partial charge in [-0.25, -0.2) is 15.0 Å². The van der Waals surface area contributed by atoms with E-state index in [-0.39, 0.29) is 47.5 Å². The smallest absolute Gasteiger partial charge is 0.272 e. The number of anilines is 3. The number of aryl methyl sites for hydroxylation is 1. The second-order valence-corrected chi connectivity index (χ2v) is 25.4. The van der Waals surface area contributed by atoms with E-state index in [1.165, 1.54) is 16.7 Å². The van der Waals surface area contributed by atoms with Crippen molar-refractivity contribution in [2.75, 3.05) is 67.5 Å². The molecule has 3 aromatic heterocycles. The van der Waals surface area contributed by atoms with E-state index in [1.54, 1.807) is 17.4 Å². The number of hydrogen-bond acceptors (Lipinski definition) is 16. The van der Waals surface area contributed by atoms with E-state index in [1.807, 2.05) is 107 Å². The van der Waals surface area contributed by atoms with E-state index in [2.05, 4.69) is 62.7 Å². The third-order valence-electron chi connectivity index (χ3n) is 15.9. The number of aliphatic hydroxyl groups excluding tert-OH is 1. The summed E-state index contributed by atoms with van der Waals surface area (Å²) in [7, 11) is 0. The van der Waals surface area contributed by atoms with Gasteiger partial charge in [0.25, 0.3) is 5.91 Å². The van der Waals surface area contributed by atoms with Crippen molar-refractivity contribution >= 4 is 64.1 Å². The molecule has 4 atom stereocenters. The highest BCUT2D eigenvalue weighted by Crippen LogP contribution is 2.41. The van der Waals surface area contributed by atoms with Gasteiger partial charge in [0, 0.05) is 80.2 Å². The van der Waals surface area contributed by atoms with Crippen LogP contribution in [0.4, 0.5) is 17.3 Å². The molecule has 0 aliphatic carbocycles. The first-order valence-electron chi connectivity index (χ1n) is 27.7. The Labute approximate surface area is 467 Å². The van der Waals surface area contributed by atoms with E-state index < -0.39 is 35.4 Å². The zero-order valence-corrected chi connectivity index (χ0v) is 47.7. The highest BCUT2D eigenvalue weighted by Gasteiger charge is 2.48. The number of nitrogens with zero attached hydrogens (tertiary/aromatic N) is 9. The van der Waals surface area contributed by atoms with Gasteiger partial charge in [0.1, 0.15) is 22.9 Å². The van der Waals surface area contributed by atoms with Crippen LogP contribution in [0.25, 0.3) is 10.4 Å². The quantitative estimate of drug-likeness (QED) is 0.0472. The van der Waals surface area contributed by atoms with Crippen molar-refractivity contribution in [1.82, 2.24) is 45.6 Å². The Balaban J connectivity index is 0.658. The molecular formula is C58H77N13O5S2. The lowest BCUT2D eigenvalue weighted by Gasteiger charge is -2.48. The summed E-state index contributed by atoms with van der Waals surface area (Å²) in [6, 6.07) is 17.0. The largest absolute Gasteiger partial charge is 0.391 e. The summed E-state index contributed by atoms with van der Waals surface area (Å²) in [5.41, 5.74) is 11.3. The molecule has 0 saturated carbocycles. The molecule has 78 heavy (non-hydrogen) atoms. The van der Waals surface area contributed by atoms with Crippen LogP contribution < -0.4 is 31.5 Å². The van der Waals surface area contributed by atoms with E-state index in [0.717, 1.165) is 140 Å². The van der Waals surface area contributed by atoms with Crippen LogP contribution >= 0.6 is 23.1 Å². The minimum Gasteiger partial charge on any atom is -0.391 e. The molecule has 4 aliphatic rings. The van der Waals surface area contributed by atoms with Crippen LogP contribution in [0.5, 0.6) is 0 Å². The number of hydrogen-bond donors (Lipinski definition) is 5. The minimum atomic E-state index is -1.01. The summed E-state index contributed by atoms with van der Waals surface area (Å²) >= 11 is 3.11. The van der Waals surface area contributed by atoms with Crippen molar-refractivity contribution in [2.45, 2.75) is 145 Å². The number of amides is 4. The number of aliphatic hydroxyl groups is 1. The van der Waals surface area contributed by atoms with E-state index in [4.69, 9.17) is 5.73 Å². The van der Waals surface area contributed by atoms with Crippen LogP contribution in [0.2, 0.25) is 0 Å². The molecule has 1 spiro atoms. The van der Waals surface area contributed by atoms with Gasteiger partial charge >= 0.3 is 0 Å². The number of rotatable bonds is 20. The number of nitrogens with one attached hydrogen (secondary N) is 3. The molecule has 0 bridgehead atoms. The predicted octanol–water partition coefficient (Wildman–Crippen LogP) is 7.64. The Bertz CT molecular complexity index is 2860. The van der Waals surface area contributed by atoms with Crippen molar-refractivity contribution in [3.05, 3.63) is 95.5 Å². The van der Waals surface area contributed by atoms with Gasteiger partial charge < -0.3 is 46.4 Å². The molecule has 18 nitrogen and oxygen atoms in total. The van der Waals surface area contributed by atoms with E-state index in [0.29, 0.717) is 12.2 Å². The monoisotopic (exact) mass is 1100 g/mol. The van der Waals surface area contributed by atoms with Gasteiger partial charge in [0.2, 0.25) is 17.7 Å². The maximum Gasteiger partial charge on any atom is 0.272 e. The number of piperidine rings is 1. The summed E-state index contributed by atoms with van der Waals surface area (Å²) in [4.78, 5) is 78.8. The number of nitrogens with two attached hydrogens (primary N) is 1. The lowest BCUT2D eigenvalue weighted by Crippen LogP contribution is -2.58. The van der Waals surface area contributed by atoms with Crippen LogP contribution in [-0.2, 0) is 14.4 Å². The van der Waals surface area contributed by atoms with Crippen molar-refractivity contribution < 1.29 is 24.3 Å². The molecule has 0 unspecified atom stereocenters. The molecule has 5 aromatic rings. The number of likely N-dealkylation sites (tertiary alicyclic amines) is 2. The van der Waals surface area contributed by atoms with Crippen LogP contribution in [-0.4, -0.2) is 140 Å². The van der Waals surface area contributed by atoms with Crippen molar-refractivity contribution in [3.63, 3.8) is 0 Å². The van der Waals surface area contributed by atoms with E-state index >= 15 is 0 Å². The van der Waals surface area contributed by atoms with Gasteiger partial charge in [-0.15, -0.1) is 21.5 Å². The summed E-state index contributed by atoms with van der Waals surface area (Å²) in [5.74, 6) is 0.274. The lowest BCUT2D eigenvalue weighted by molar-refractivity contribution is -0.142. The fraction of sp³-hybridized carbons (Fsp3) is 0.534. The third kappa shape index (κ3) is 14.2. The van der Waals surface area contributed by atoms with Crippen LogP contribution in [0.3, 0.4) is 0 Å². The van der Waals surface area contributed by atoms with E-state index in [9.17, 15) is 24.3 Å². The molecule has 4 fully saturated rings. The Morgan fingerprint density at radius 3 is 2.29 bits per heavy atom. The Morgan fingerprint density at radius 2 is 1.60 bits per heavy atom. The molecule has 416 valence electrons. The molecule has 9 rings (SSSR count). The molecule has 7 heterocycles. The standard InChI is InChI=1S/C58H77N13O5S2/c1-38(40-16-18-41(19-17-40)51-39(2)62-37-77-51)63-54(75)46-30-43(72)33-71(46)55(76)52(56(3,4)5)65-53(74)45-20-21-47(67-66-45)70-28-24-58(36-70)34-68(35-58)25-11-9-7-8-10-15-49(73)64-42-13-12-14-44(29-42)78-50-32-60-48(31-61-50)69-26-22-57(6,59)23-27-69/h12-14,16-21,29,31-32,37-38,43,46,52,72H,7-11,15,22-28,30,33-36,59H2,1-6H3,(H,63,75)(H,64,73)(H,65,74)/t38-,43+,46-,52+/m0/s1. The zero-order valence-electron chi connectivity index (χ0n) is 46.0. The summed E-state index contributed by atoms with van der Waals surface area (Å²) < 4.78 is 0. The van der Waals surface area contributed by atoms with Crippen LogP contribution in [0, 0.1) is 17.8 Å². The Kier molecular flexibility index (Phi) is 17.8. The third-order valence-corrected chi connectivity index (χ3v) is 17.7. The number of unbranched alkanes of at least 4 members (excludes halogenated alkanes) is 4. The number of aromatic nitrogens is 5. The van der Waals surface area contributed by atoms with Gasteiger partial charge in [-0.3, -0.25) is 19.2 Å². The Morgan fingerprint density at radius 1 is 0.859 bits per heavy atom. The SMILES string of the molecule is Cc1ncsc1-c1ccc([C@H](C)NC(=O)[C@@H]2C[C@@H](O)CN2C(=O)[C@@H](NC(=O)c2ccc(N3CCC4(CN(CCCCCCCC(=O)Nc5cccc(Sc6cnc(N7CCC(C)(N)CC7)cn6)c5)C4)C3)nn2)C(C)(C)C)cc1. The van der Waals surface area contributed by atoms with Gasteiger partial charge in [-0.05, 0) is 106 Å². The van der Waals surface area contributed by atoms with Crippen molar-refractivity contribution in [3.8, 4) is 10.4 Å². The second kappa shape index (κ2) is 24.5. The predicted molar refractivity (Wildman–Crippen MR) is 306 cm³/mol. The molecule has 4 amide bonds. The fourth-order valence-corrected chi connectivity index (χ4v) is 12.8. The maximum absolute atomic E-state index is 14.3. The zero-order chi connectivity index (χ0) is 55.2. The topological polar surface area (TPSA) is 228 Å². The number of carbonyl (C=O) groups excluding carboxylic acids is 4. The fourth-order valence-electron chi connectivity index (χ4n) is 11.2. The summed E-state index contributed by atoms with van der Waals surface area (Å²) in [6.07, 6.45) is 11.5. The molecule has 4 saturated heterocycles. The summed E-state index contributed by atoms with van der Waals surface area (Å²) in [5, 5.41) is 29.4. The lowest BCUT2D eigenvalue weighted by atomic mass is 9.79. The van der Waals surface area contributed by atoms with Gasteiger partial charge in [0.15, 0.2) is 11.5 Å². The highest BCUT2D eigenvalue weighted by atomic mass is 32.2. The van der Waals surface area contributed by atoms with Crippen molar-refractivity contribution in [1.29, 1.82) is 0 Å². The highest BCUT2D eigenvalue weighted by molar-refractivity contribution is 7.99. The summed E-state index contributed by atoms with van der Waals surface area (Å²) in [6.45, 7) is 18.2. The van der Waals surface area contributed by atoms with Crippen LogP contribution in [0.15, 0.2) is 88.5 Å². The average Bonchev–Trinajstić information content (AvgIpc) is 4.29. The average molecular weight is 1100 g/mol.